The number of furan rings is 1. The Morgan fingerprint density at radius 1 is 1.20 bits per heavy atom. The predicted octanol–water partition coefficient (Wildman–Crippen LogP) is 1.02. The lowest BCUT2D eigenvalue weighted by Crippen LogP contribution is -2.52. The molecule has 0 spiro atoms. The van der Waals surface area contributed by atoms with Crippen LogP contribution in [0.1, 0.15) is 22.5 Å². The molecule has 2 saturated heterocycles. The van der Waals surface area contributed by atoms with Gasteiger partial charge in [-0.25, -0.2) is 16.8 Å². The highest BCUT2D eigenvalue weighted by molar-refractivity contribution is 7.95. The monoisotopic (exact) mass is 456 g/mol. The van der Waals surface area contributed by atoms with E-state index in [-0.39, 0.29) is 50.0 Å². The van der Waals surface area contributed by atoms with Crippen molar-refractivity contribution >= 4 is 36.7 Å². The quantitative estimate of drug-likeness (QED) is 0.675. The first-order valence-corrected chi connectivity index (χ1v) is 13.0. The number of piperazine rings is 1. The second-order valence-electron chi connectivity index (χ2n) is 7.66. The van der Waals surface area contributed by atoms with Gasteiger partial charge in [0.15, 0.2) is 9.84 Å². The van der Waals surface area contributed by atoms with Gasteiger partial charge in [0.2, 0.25) is 10.0 Å². The second kappa shape index (κ2) is 7.54. The standard InChI is InChI=1S/C19H24N2O7S2/c1-13-18(16-11-14(27-2)3-4-17(16)28-13)19(22)20-6-8-21(9-7-20)30(25,26)15-5-10-29(23,24)12-15/h3-4,11,15H,5-10,12H2,1-2H3. The van der Waals surface area contributed by atoms with E-state index in [0.717, 1.165) is 0 Å². The van der Waals surface area contributed by atoms with Crippen molar-refractivity contribution in [2.75, 3.05) is 44.8 Å². The summed E-state index contributed by atoms with van der Waals surface area (Å²) in [5, 5.41) is -0.236. The summed E-state index contributed by atoms with van der Waals surface area (Å²) >= 11 is 0. The van der Waals surface area contributed by atoms with Gasteiger partial charge in [-0.1, -0.05) is 0 Å². The number of carbonyl (C=O) groups excluding carboxylic acids is 1. The summed E-state index contributed by atoms with van der Waals surface area (Å²) in [5.41, 5.74) is 1.03. The number of nitrogens with zero attached hydrogens (tertiary/aromatic N) is 2. The van der Waals surface area contributed by atoms with Gasteiger partial charge in [0.1, 0.15) is 17.1 Å². The van der Waals surface area contributed by atoms with Crippen molar-refractivity contribution in [3.05, 3.63) is 29.5 Å². The number of aryl methyl sites for hydroxylation is 1. The smallest absolute Gasteiger partial charge is 0.258 e. The third-order valence-corrected chi connectivity index (χ3v) is 10.1. The van der Waals surface area contributed by atoms with E-state index in [1.54, 1.807) is 37.1 Å². The van der Waals surface area contributed by atoms with Gasteiger partial charge in [0, 0.05) is 31.6 Å². The van der Waals surface area contributed by atoms with Crippen LogP contribution in [0.5, 0.6) is 5.75 Å². The molecule has 1 atom stereocenters. The van der Waals surface area contributed by atoms with Gasteiger partial charge in [-0.15, -0.1) is 0 Å². The zero-order valence-corrected chi connectivity index (χ0v) is 18.5. The SMILES string of the molecule is COc1ccc2oc(C)c(C(=O)N3CCN(S(=O)(=O)C4CCS(=O)(=O)C4)CC3)c2c1. The summed E-state index contributed by atoms with van der Waals surface area (Å²) in [7, 11) is -5.45. The highest BCUT2D eigenvalue weighted by Crippen LogP contribution is 2.30. The zero-order valence-electron chi connectivity index (χ0n) is 16.8. The molecular formula is C19H24N2O7S2. The molecule has 0 aliphatic carbocycles. The summed E-state index contributed by atoms with van der Waals surface area (Å²) in [4.78, 5) is 14.8. The molecule has 2 aliphatic rings. The average Bonchev–Trinajstić information content (AvgIpc) is 3.25. The number of sulfone groups is 1. The maximum absolute atomic E-state index is 13.2. The molecule has 11 heteroatoms. The maximum atomic E-state index is 13.2. The molecule has 0 saturated carbocycles. The van der Waals surface area contributed by atoms with Gasteiger partial charge < -0.3 is 14.1 Å². The molecule has 0 radical (unpaired) electrons. The van der Waals surface area contributed by atoms with Crippen LogP contribution in [-0.2, 0) is 19.9 Å². The van der Waals surface area contributed by atoms with Crippen molar-refractivity contribution in [1.29, 1.82) is 0 Å². The van der Waals surface area contributed by atoms with Crippen molar-refractivity contribution < 1.29 is 30.8 Å². The number of carbonyl (C=O) groups is 1. The number of amides is 1. The van der Waals surface area contributed by atoms with Crippen molar-refractivity contribution in [3.8, 4) is 5.75 Å². The Balaban J connectivity index is 1.50. The first kappa shape index (κ1) is 21.1. The molecule has 2 aliphatic heterocycles. The fraction of sp³-hybridized carbons (Fsp3) is 0.526. The molecule has 1 unspecified atom stereocenters. The number of methoxy groups -OCH3 is 1. The van der Waals surface area contributed by atoms with Crippen LogP contribution in [0.4, 0.5) is 0 Å². The van der Waals surface area contributed by atoms with Crippen LogP contribution in [0.25, 0.3) is 11.0 Å². The lowest BCUT2D eigenvalue weighted by Gasteiger charge is -2.35. The molecule has 2 fully saturated rings. The van der Waals surface area contributed by atoms with Crippen LogP contribution >= 0.6 is 0 Å². The molecule has 0 bridgehead atoms. The van der Waals surface area contributed by atoms with Crippen LogP contribution < -0.4 is 4.74 Å². The minimum absolute atomic E-state index is 0.0916. The molecule has 1 amide bonds. The van der Waals surface area contributed by atoms with Crippen LogP contribution in [0, 0.1) is 6.92 Å². The molecule has 2 aromatic rings. The zero-order chi connectivity index (χ0) is 21.7. The van der Waals surface area contributed by atoms with Gasteiger partial charge in [-0.2, -0.15) is 4.31 Å². The van der Waals surface area contributed by atoms with Crippen molar-refractivity contribution in [3.63, 3.8) is 0 Å². The van der Waals surface area contributed by atoms with Crippen LogP contribution in [-0.4, -0.2) is 82.0 Å². The number of ether oxygens (including phenoxy) is 1. The van der Waals surface area contributed by atoms with Gasteiger partial charge in [-0.3, -0.25) is 4.79 Å². The third kappa shape index (κ3) is 3.69. The van der Waals surface area contributed by atoms with E-state index in [0.29, 0.717) is 28.0 Å². The Morgan fingerprint density at radius 3 is 2.50 bits per heavy atom. The second-order valence-corrected chi connectivity index (χ2v) is 12.1. The number of benzene rings is 1. The first-order valence-electron chi connectivity index (χ1n) is 9.68. The van der Waals surface area contributed by atoms with E-state index in [4.69, 9.17) is 9.15 Å². The average molecular weight is 457 g/mol. The number of fused-ring (bicyclic) bond motifs is 1. The molecule has 30 heavy (non-hydrogen) atoms. The number of hydrogen-bond donors (Lipinski definition) is 0. The first-order chi connectivity index (χ1) is 14.1. The van der Waals surface area contributed by atoms with E-state index >= 15 is 0 Å². The Bertz CT molecular complexity index is 1190. The number of sulfonamides is 1. The van der Waals surface area contributed by atoms with Crippen molar-refractivity contribution in [2.45, 2.75) is 18.6 Å². The van der Waals surface area contributed by atoms with E-state index in [2.05, 4.69) is 0 Å². The van der Waals surface area contributed by atoms with E-state index in [9.17, 15) is 21.6 Å². The van der Waals surface area contributed by atoms with Crippen molar-refractivity contribution in [1.82, 2.24) is 9.21 Å². The Hall–Kier alpha value is -2.11. The van der Waals surface area contributed by atoms with E-state index in [1.807, 2.05) is 0 Å². The minimum Gasteiger partial charge on any atom is -0.497 e. The summed E-state index contributed by atoms with van der Waals surface area (Å²) in [6.45, 7) is 2.47. The lowest BCUT2D eigenvalue weighted by atomic mass is 10.1. The molecule has 1 aromatic carbocycles. The summed E-state index contributed by atoms with van der Waals surface area (Å²) in [5.74, 6) is 0.469. The Morgan fingerprint density at radius 2 is 1.90 bits per heavy atom. The minimum atomic E-state index is -3.71. The van der Waals surface area contributed by atoms with Gasteiger partial charge in [0.25, 0.3) is 5.91 Å². The summed E-state index contributed by atoms with van der Waals surface area (Å²) in [6.07, 6.45) is 0.131. The maximum Gasteiger partial charge on any atom is 0.258 e. The normalized spacial score (nSPS) is 22.5. The van der Waals surface area contributed by atoms with Crippen LogP contribution in [0.3, 0.4) is 0 Å². The summed E-state index contributed by atoms with van der Waals surface area (Å²) < 4.78 is 61.2. The Labute approximate surface area is 175 Å². The molecule has 4 rings (SSSR count). The molecular weight excluding hydrogens is 432 g/mol. The van der Waals surface area contributed by atoms with Gasteiger partial charge in [0.05, 0.1) is 29.4 Å². The lowest BCUT2D eigenvalue weighted by molar-refractivity contribution is 0.0697. The fourth-order valence-corrected chi connectivity index (χ4v) is 8.61. The highest BCUT2D eigenvalue weighted by Gasteiger charge is 2.41. The Kier molecular flexibility index (Phi) is 5.31. The number of rotatable bonds is 4. The molecule has 0 N–H and O–H groups in total. The third-order valence-electron chi connectivity index (χ3n) is 5.78. The summed E-state index contributed by atoms with van der Waals surface area (Å²) in [6, 6.07) is 5.25. The molecule has 9 nitrogen and oxygen atoms in total. The number of hydrogen-bond acceptors (Lipinski definition) is 7. The van der Waals surface area contributed by atoms with Gasteiger partial charge in [-0.05, 0) is 31.5 Å². The molecule has 3 heterocycles. The molecule has 1 aromatic heterocycles. The van der Waals surface area contributed by atoms with Crippen LogP contribution in [0.15, 0.2) is 22.6 Å². The topological polar surface area (TPSA) is 114 Å². The van der Waals surface area contributed by atoms with Gasteiger partial charge >= 0.3 is 0 Å². The van der Waals surface area contributed by atoms with Crippen LogP contribution in [0.2, 0.25) is 0 Å². The van der Waals surface area contributed by atoms with E-state index in [1.165, 1.54) is 4.31 Å². The molecule has 164 valence electrons. The predicted molar refractivity (Wildman–Crippen MR) is 111 cm³/mol. The highest BCUT2D eigenvalue weighted by atomic mass is 32.2. The van der Waals surface area contributed by atoms with Crippen molar-refractivity contribution in [2.24, 2.45) is 0 Å². The fourth-order valence-electron chi connectivity index (χ4n) is 4.10. The van der Waals surface area contributed by atoms with E-state index < -0.39 is 25.1 Å². The largest absolute Gasteiger partial charge is 0.497 e.